The summed E-state index contributed by atoms with van der Waals surface area (Å²) in [6, 6.07) is 12.3. The summed E-state index contributed by atoms with van der Waals surface area (Å²) in [5.74, 6) is 0.358. The second-order valence-electron chi connectivity index (χ2n) is 3.77. The van der Waals surface area contributed by atoms with E-state index in [9.17, 15) is 4.79 Å². The van der Waals surface area contributed by atoms with Crippen LogP contribution < -0.4 is 0 Å². The molecule has 0 bridgehead atoms. The second-order valence-corrected chi connectivity index (χ2v) is 4.71. The minimum absolute atomic E-state index is 0.358. The molecule has 0 fully saturated rings. The average Bonchev–Trinajstić information content (AvgIpc) is 2.88. The Kier molecular flexibility index (Phi) is 6.01. The summed E-state index contributed by atoms with van der Waals surface area (Å²) in [5, 5.41) is 2.06. The smallest absolute Gasteiger partial charge is 0.160 e. The van der Waals surface area contributed by atoms with E-state index in [1.54, 1.807) is 0 Å². The Morgan fingerprint density at radius 1 is 1.11 bits per heavy atom. The lowest BCUT2D eigenvalue weighted by Crippen LogP contribution is -1.93. The highest BCUT2D eigenvalue weighted by atomic mass is 32.1. The molecule has 0 saturated heterocycles. The van der Waals surface area contributed by atoms with Crippen molar-refractivity contribution in [3.8, 4) is 0 Å². The molecule has 0 amide bonds. The Morgan fingerprint density at radius 2 is 1.72 bits per heavy atom. The van der Waals surface area contributed by atoms with Crippen molar-refractivity contribution in [3.63, 3.8) is 0 Å². The number of aldehydes is 2. The quantitative estimate of drug-likeness (QED) is 0.784. The molecule has 0 saturated carbocycles. The largest absolute Gasteiger partial charge is 0.304 e. The molecule has 94 valence electrons. The van der Waals surface area contributed by atoms with Crippen molar-refractivity contribution in [3.05, 3.63) is 57.8 Å². The van der Waals surface area contributed by atoms with E-state index >= 15 is 0 Å². The number of carbonyl (C=O) groups excluding carboxylic acids is 2. The Bertz CT molecular complexity index is 488. The van der Waals surface area contributed by atoms with Gasteiger partial charge in [0.1, 0.15) is 6.29 Å². The monoisotopic (exact) mass is 260 g/mol. The molecule has 1 aromatic heterocycles. The zero-order valence-corrected chi connectivity index (χ0v) is 11.3. The van der Waals surface area contributed by atoms with E-state index in [0.29, 0.717) is 5.92 Å². The van der Waals surface area contributed by atoms with Crippen LogP contribution in [0.5, 0.6) is 0 Å². The van der Waals surface area contributed by atoms with Gasteiger partial charge in [0, 0.05) is 5.92 Å². The molecule has 1 aromatic carbocycles. The zero-order valence-electron chi connectivity index (χ0n) is 10.5. The van der Waals surface area contributed by atoms with Gasteiger partial charge >= 0.3 is 0 Å². The summed E-state index contributed by atoms with van der Waals surface area (Å²) < 4.78 is 0. The van der Waals surface area contributed by atoms with Crippen LogP contribution in [0.15, 0.2) is 41.8 Å². The van der Waals surface area contributed by atoms with Crippen LogP contribution in [0, 0.1) is 0 Å². The maximum atomic E-state index is 10.6. The van der Waals surface area contributed by atoms with Gasteiger partial charge in [0.2, 0.25) is 0 Å². The Morgan fingerprint density at radius 3 is 2.22 bits per heavy atom. The van der Waals surface area contributed by atoms with Crippen molar-refractivity contribution >= 4 is 23.9 Å². The van der Waals surface area contributed by atoms with Gasteiger partial charge in [-0.25, -0.2) is 0 Å². The summed E-state index contributed by atoms with van der Waals surface area (Å²) in [6.45, 7) is 3.60. The van der Waals surface area contributed by atoms with Crippen molar-refractivity contribution in [1.82, 2.24) is 0 Å². The first-order valence-corrected chi connectivity index (χ1v) is 6.59. The third kappa shape index (κ3) is 3.93. The number of thiophene rings is 1. The molecule has 2 rings (SSSR count). The van der Waals surface area contributed by atoms with Crippen molar-refractivity contribution in [2.24, 2.45) is 0 Å². The number of rotatable bonds is 3. The van der Waals surface area contributed by atoms with Crippen LogP contribution in [0.3, 0.4) is 0 Å². The van der Waals surface area contributed by atoms with Crippen LogP contribution in [0.25, 0.3) is 0 Å². The van der Waals surface area contributed by atoms with Gasteiger partial charge in [0.05, 0.1) is 4.88 Å². The fraction of sp³-hybridized carbons (Fsp3) is 0.200. The number of carbonyl (C=O) groups is 2. The molecule has 0 aliphatic carbocycles. The highest BCUT2D eigenvalue weighted by Crippen LogP contribution is 2.27. The lowest BCUT2D eigenvalue weighted by atomic mass is 9.95. The van der Waals surface area contributed by atoms with E-state index in [1.807, 2.05) is 24.3 Å². The minimum Gasteiger partial charge on any atom is -0.304 e. The fourth-order valence-electron chi connectivity index (χ4n) is 1.59. The van der Waals surface area contributed by atoms with Gasteiger partial charge in [-0.1, -0.05) is 37.3 Å². The molecule has 2 aromatic rings. The van der Waals surface area contributed by atoms with Gasteiger partial charge in [-0.2, -0.15) is 0 Å². The summed E-state index contributed by atoms with van der Waals surface area (Å²) >= 11 is 1.50. The predicted octanol–water partition coefficient (Wildman–Crippen LogP) is 3.92. The van der Waals surface area contributed by atoms with Crippen molar-refractivity contribution < 1.29 is 9.59 Å². The van der Waals surface area contributed by atoms with Crippen molar-refractivity contribution in [1.29, 1.82) is 0 Å². The molecular formula is C15H16O2S. The van der Waals surface area contributed by atoms with Crippen LogP contribution in [0.4, 0.5) is 0 Å². The fourth-order valence-corrected chi connectivity index (χ4v) is 2.40. The van der Waals surface area contributed by atoms with Gasteiger partial charge < -0.3 is 4.79 Å². The lowest BCUT2D eigenvalue weighted by molar-refractivity contribution is -0.106. The van der Waals surface area contributed by atoms with Crippen molar-refractivity contribution in [2.75, 3.05) is 0 Å². The third-order valence-corrected chi connectivity index (χ3v) is 3.43. The second kappa shape index (κ2) is 7.56. The lowest BCUT2D eigenvalue weighted by Gasteiger charge is -2.09. The average molecular weight is 260 g/mol. The molecule has 3 heteroatoms. The van der Waals surface area contributed by atoms with E-state index in [2.05, 4.69) is 24.4 Å². The van der Waals surface area contributed by atoms with E-state index < -0.39 is 0 Å². The number of hydrogen-bond acceptors (Lipinski definition) is 3. The maximum absolute atomic E-state index is 10.6. The minimum atomic E-state index is 0.358. The van der Waals surface area contributed by atoms with Gasteiger partial charge in [-0.3, -0.25) is 4.79 Å². The van der Waals surface area contributed by atoms with E-state index in [-0.39, 0.29) is 0 Å². The molecule has 18 heavy (non-hydrogen) atoms. The molecule has 0 radical (unpaired) electrons. The Balaban J connectivity index is 0.000000492. The molecule has 1 atom stereocenters. The van der Waals surface area contributed by atoms with E-state index in [4.69, 9.17) is 4.79 Å². The maximum Gasteiger partial charge on any atom is 0.160 e. The predicted molar refractivity (Wildman–Crippen MR) is 75.4 cm³/mol. The van der Waals surface area contributed by atoms with Crippen LogP contribution >= 0.6 is 11.3 Å². The summed E-state index contributed by atoms with van der Waals surface area (Å²) in [4.78, 5) is 20.2. The van der Waals surface area contributed by atoms with Crippen molar-refractivity contribution in [2.45, 2.75) is 19.8 Å². The summed E-state index contributed by atoms with van der Waals surface area (Å²) in [5.41, 5.74) is 2.50. The molecule has 1 unspecified atom stereocenters. The van der Waals surface area contributed by atoms with E-state index in [0.717, 1.165) is 17.4 Å². The van der Waals surface area contributed by atoms with Crippen LogP contribution in [0.1, 0.15) is 40.6 Å². The first-order valence-electron chi connectivity index (χ1n) is 5.71. The molecule has 0 aliphatic rings. The normalized spacial score (nSPS) is 11.0. The highest BCUT2D eigenvalue weighted by Gasteiger charge is 2.09. The van der Waals surface area contributed by atoms with Crippen LogP contribution in [0.2, 0.25) is 0 Å². The molecule has 0 N–H and O–H groups in total. The van der Waals surface area contributed by atoms with Gasteiger partial charge in [0.25, 0.3) is 0 Å². The topological polar surface area (TPSA) is 34.1 Å². The highest BCUT2D eigenvalue weighted by molar-refractivity contribution is 7.11. The standard InChI is InChI=1S/C13H12OS.C2H4O/c1-10(11-5-3-2-4-6-11)12-7-13(8-14)15-9-12;1-2-3/h2-10H,1H3;2H,1H3. The first-order chi connectivity index (χ1) is 8.72. The van der Waals surface area contributed by atoms with E-state index in [1.165, 1.54) is 29.4 Å². The van der Waals surface area contributed by atoms with Crippen LogP contribution in [-0.4, -0.2) is 12.6 Å². The summed E-state index contributed by atoms with van der Waals surface area (Å²) in [6.07, 6.45) is 1.66. The Hall–Kier alpha value is -1.74. The van der Waals surface area contributed by atoms with Gasteiger partial charge in [-0.15, -0.1) is 11.3 Å². The molecule has 2 nitrogen and oxygen atoms in total. The number of hydrogen-bond donors (Lipinski definition) is 0. The molecule has 1 heterocycles. The first kappa shape index (κ1) is 14.3. The van der Waals surface area contributed by atoms with Gasteiger partial charge in [0.15, 0.2) is 6.29 Å². The molecular weight excluding hydrogens is 244 g/mol. The molecule has 0 aliphatic heterocycles. The molecule has 0 spiro atoms. The SMILES string of the molecule is CC(c1ccccc1)c1csc(C=O)c1.CC=O. The third-order valence-electron chi connectivity index (χ3n) is 2.56. The van der Waals surface area contributed by atoms with Crippen LogP contribution in [-0.2, 0) is 4.79 Å². The summed E-state index contributed by atoms with van der Waals surface area (Å²) in [7, 11) is 0. The number of benzene rings is 1. The van der Waals surface area contributed by atoms with Gasteiger partial charge in [-0.05, 0) is 29.5 Å². The Labute approximate surface area is 111 Å². The zero-order chi connectivity index (χ0) is 13.4.